The molecule has 5 heteroatoms. The van der Waals surface area contributed by atoms with Crippen LogP contribution in [0.2, 0.25) is 0 Å². The highest BCUT2D eigenvalue weighted by atomic mass is 16.3. The molecule has 1 aliphatic rings. The number of nitrogens with zero attached hydrogens (tertiary/aromatic N) is 3. The van der Waals surface area contributed by atoms with Gasteiger partial charge in [0.15, 0.2) is 0 Å². The van der Waals surface area contributed by atoms with Crippen LogP contribution in [-0.4, -0.2) is 32.7 Å². The Labute approximate surface area is 76.8 Å². The Bertz CT molecular complexity index is 267. The van der Waals surface area contributed by atoms with E-state index in [1.165, 1.54) is 12.8 Å². The average Bonchev–Trinajstić information content (AvgIpc) is 2.76. The molecule has 1 aliphatic heterocycles. The van der Waals surface area contributed by atoms with Crippen molar-refractivity contribution in [2.45, 2.75) is 32.0 Å². The van der Waals surface area contributed by atoms with Crippen LogP contribution < -0.4 is 5.32 Å². The summed E-state index contributed by atoms with van der Waals surface area (Å²) in [5.41, 5.74) is 0.637. The summed E-state index contributed by atoms with van der Waals surface area (Å²) in [6, 6.07) is 0.522. The van der Waals surface area contributed by atoms with Gasteiger partial charge in [-0.25, -0.2) is 0 Å². The monoisotopic (exact) mass is 182 g/mol. The minimum atomic E-state index is -0.0297. The molecule has 0 saturated carbocycles. The van der Waals surface area contributed by atoms with E-state index in [4.69, 9.17) is 5.11 Å². The lowest BCUT2D eigenvalue weighted by atomic mass is 10.2. The Morgan fingerprint density at radius 3 is 3.23 bits per heavy atom. The van der Waals surface area contributed by atoms with Gasteiger partial charge in [-0.3, -0.25) is 4.68 Å². The molecule has 13 heavy (non-hydrogen) atoms. The maximum absolute atomic E-state index is 8.78. The molecule has 0 radical (unpaired) electrons. The second kappa shape index (κ2) is 3.85. The predicted octanol–water partition coefficient (Wildman–Crippen LogP) is -0.478. The maximum Gasteiger partial charge on any atom is 0.108 e. The van der Waals surface area contributed by atoms with Crippen molar-refractivity contribution in [1.29, 1.82) is 0 Å². The average molecular weight is 182 g/mol. The highest BCUT2D eigenvalue weighted by Gasteiger charge is 2.14. The van der Waals surface area contributed by atoms with Crippen LogP contribution >= 0.6 is 0 Å². The molecule has 0 unspecified atom stereocenters. The number of aromatic nitrogens is 3. The summed E-state index contributed by atoms with van der Waals surface area (Å²) in [6.07, 6.45) is 4.24. The largest absolute Gasteiger partial charge is 0.390 e. The number of aliphatic hydroxyl groups excluding tert-OH is 1. The molecular formula is C8H14N4O. The molecule has 0 spiro atoms. The fourth-order valence-electron chi connectivity index (χ4n) is 1.64. The van der Waals surface area contributed by atoms with Gasteiger partial charge >= 0.3 is 0 Å². The van der Waals surface area contributed by atoms with Crippen molar-refractivity contribution >= 4 is 0 Å². The molecule has 72 valence electrons. The van der Waals surface area contributed by atoms with Crippen molar-refractivity contribution in [2.75, 3.05) is 6.54 Å². The highest BCUT2D eigenvalue weighted by molar-refractivity contribution is 4.89. The SMILES string of the molecule is OCc1cn(C[C@H]2CCCN2)nn1. The van der Waals surface area contributed by atoms with E-state index in [1.54, 1.807) is 10.9 Å². The summed E-state index contributed by atoms with van der Waals surface area (Å²) in [6.45, 7) is 1.93. The normalized spacial score (nSPS) is 22.4. The van der Waals surface area contributed by atoms with Gasteiger partial charge in [0.05, 0.1) is 19.3 Å². The Balaban J connectivity index is 1.92. The lowest BCUT2D eigenvalue weighted by Crippen LogP contribution is -2.26. The van der Waals surface area contributed by atoms with Gasteiger partial charge in [-0.1, -0.05) is 5.21 Å². The van der Waals surface area contributed by atoms with E-state index in [1.807, 2.05) is 0 Å². The lowest BCUT2D eigenvalue weighted by Gasteiger charge is -2.08. The fraction of sp³-hybridized carbons (Fsp3) is 0.750. The number of rotatable bonds is 3. The Morgan fingerprint density at radius 2 is 2.62 bits per heavy atom. The molecule has 1 fully saturated rings. The molecule has 0 bridgehead atoms. The number of hydrogen-bond acceptors (Lipinski definition) is 4. The number of hydrogen-bond donors (Lipinski definition) is 2. The topological polar surface area (TPSA) is 63.0 Å². The molecule has 1 aromatic heterocycles. The summed E-state index contributed by atoms with van der Waals surface area (Å²) in [7, 11) is 0. The van der Waals surface area contributed by atoms with Crippen LogP contribution in [0.3, 0.4) is 0 Å². The van der Waals surface area contributed by atoms with Crippen molar-refractivity contribution in [3.8, 4) is 0 Å². The van der Waals surface area contributed by atoms with Crippen molar-refractivity contribution in [3.05, 3.63) is 11.9 Å². The minimum absolute atomic E-state index is 0.0297. The van der Waals surface area contributed by atoms with Gasteiger partial charge in [0.25, 0.3) is 0 Å². The first kappa shape index (κ1) is 8.65. The van der Waals surface area contributed by atoms with Gasteiger partial charge in [-0.15, -0.1) is 5.10 Å². The highest BCUT2D eigenvalue weighted by Crippen LogP contribution is 2.06. The zero-order chi connectivity index (χ0) is 9.10. The van der Waals surface area contributed by atoms with E-state index in [2.05, 4.69) is 15.6 Å². The van der Waals surface area contributed by atoms with E-state index in [0.717, 1.165) is 13.1 Å². The molecule has 2 N–H and O–H groups in total. The first-order valence-electron chi connectivity index (χ1n) is 4.62. The smallest absolute Gasteiger partial charge is 0.108 e. The van der Waals surface area contributed by atoms with Gasteiger partial charge in [0, 0.05) is 6.04 Å². The van der Waals surface area contributed by atoms with Crippen molar-refractivity contribution < 1.29 is 5.11 Å². The van der Waals surface area contributed by atoms with Gasteiger partial charge in [-0.2, -0.15) is 0 Å². The van der Waals surface area contributed by atoms with Crippen LogP contribution in [0.1, 0.15) is 18.5 Å². The lowest BCUT2D eigenvalue weighted by molar-refractivity contribution is 0.276. The molecule has 2 heterocycles. The molecule has 1 atom stereocenters. The predicted molar refractivity (Wildman–Crippen MR) is 47.0 cm³/mol. The summed E-state index contributed by atoms with van der Waals surface area (Å²) in [4.78, 5) is 0. The zero-order valence-corrected chi connectivity index (χ0v) is 7.48. The Morgan fingerprint density at radius 1 is 1.69 bits per heavy atom. The molecule has 2 rings (SSSR count). The number of nitrogens with one attached hydrogen (secondary N) is 1. The fourth-order valence-corrected chi connectivity index (χ4v) is 1.64. The molecule has 0 amide bonds. The van der Waals surface area contributed by atoms with Crippen LogP contribution in [0.4, 0.5) is 0 Å². The maximum atomic E-state index is 8.78. The number of aliphatic hydroxyl groups is 1. The summed E-state index contributed by atoms with van der Waals surface area (Å²) in [5, 5.41) is 19.9. The quantitative estimate of drug-likeness (QED) is 0.663. The second-order valence-corrected chi connectivity index (χ2v) is 3.38. The van der Waals surface area contributed by atoms with Gasteiger partial charge in [0.1, 0.15) is 5.69 Å². The summed E-state index contributed by atoms with van der Waals surface area (Å²) >= 11 is 0. The first-order valence-corrected chi connectivity index (χ1v) is 4.62. The third kappa shape index (κ3) is 2.05. The van der Waals surface area contributed by atoms with Crippen LogP contribution in [-0.2, 0) is 13.2 Å². The molecule has 1 saturated heterocycles. The molecule has 5 nitrogen and oxygen atoms in total. The third-order valence-corrected chi connectivity index (χ3v) is 2.32. The van der Waals surface area contributed by atoms with E-state index in [0.29, 0.717) is 11.7 Å². The molecule has 0 aromatic carbocycles. The van der Waals surface area contributed by atoms with Crippen molar-refractivity contribution in [2.24, 2.45) is 0 Å². The van der Waals surface area contributed by atoms with Gasteiger partial charge < -0.3 is 10.4 Å². The Hall–Kier alpha value is -0.940. The van der Waals surface area contributed by atoms with Crippen LogP contribution in [0.25, 0.3) is 0 Å². The minimum Gasteiger partial charge on any atom is -0.390 e. The summed E-state index contributed by atoms with van der Waals surface area (Å²) in [5.74, 6) is 0. The third-order valence-electron chi connectivity index (χ3n) is 2.32. The van der Waals surface area contributed by atoms with Gasteiger partial charge in [-0.05, 0) is 19.4 Å². The second-order valence-electron chi connectivity index (χ2n) is 3.38. The van der Waals surface area contributed by atoms with Crippen LogP contribution in [0, 0.1) is 0 Å². The molecule has 0 aliphatic carbocycles. The zero-order valence-electron chi connectivity index (χ0n) is 7.48. The van der Waals surface area contributed by atoms with Crippen molar-refractivity contribution in [3.63, 3.8) is 0 Å². The van der Waals surface area contributed by atoms with E-state index in [-0.39, 0.29) is 6.61 Å². The molecular weight excluding hydrogens is 168 g/mol. The van der Waals surface area contributed by atoms with Gasteiger partial charge in [0.2, 0.25) is 0 Å². The van der Waals surface area contributed by atoms with E-state index in [9.17, 15) is 0 Å². The van der Waals surface area contributed by atoms with Crippen LogP contribution in [0.5, 0.6) is 0 Å². The van der Waals surface area contributed by atoms with E-state index < -0.39 is 0 Å². The van der Waals surface area contributed by atoms with Crippen LogP contribution in [0.15, 0.2) is 6.20 Å². The summed E-state index contributed by atoms with van der Waals surface area (Å²) < 4.78 is 1.79. The van der Waals surface area contributed by atoms with E-state index >= 15 is 0 Å². The Kier molecular flexibility index (Phi) is 2.56. The first-order chi connectivity index (χ1) is 6.38. The standard InChI is InChI=1S/C8H14N4O/c13-6-8-5-12(11-10-8)4-7-2-1-3-9-7/h5,7,9,13H,1-4,6H2/t7-/m1/s1. The molecule has 1 aromatic rings. The van der Waals surface area contributed by atoms with Crippen molar-refractivity contribution in [1.82, 2.24) is 20.3 Å².